The third-order valence-electron chi connectivity index (χ3n) is 6.44. The van der Waals surface area contributed by atoms with Gasteiger partial charge >= 0.3 is 0 Å². The van der Waals surface area contributed by atoms with Gasteiger partial charge in [0.15, 0.2) is 0 Å². The standard InChI is InChI=1S/C22H18F2N4O4/c23-11-3-1-10(2-4-11)9-28-19(30)17-15(8-16(25)29)27-22(18(17)20(28)31)13-7-12(24)5-6-14(13)26-21(22)32/h1-7,15,17-18,27H,8-9H2,(H2,25,29)(H,26,32)/t15?,17-,18+,22?/m1/s1. The zero-order valence-corrected chi connectivity index (χ0v) is 16.6. The van der Waals surface area contributed by atoms with Crippen LogP contribution in [0.2, 0.25) is 0 Å². The number of carbonyl (C=O) groups excluding carboxylic acids is 4. The Bertz CT molecular complexity index is 1180. The van der Waals surface area contributed by atoms with Crippen molar-refractivity contribution in [3.63, 3.8) is 0 Å². The van der Waals surface area contributed by atoms with Crippen molar-refractivity contribution in [3.05, 3.63) is 65.2 Å². The molecule has 4 N–H and O–H groups in total. The maximum absolute atomic E-state index is 14.1. The summed E-state index contributed by atoms with van der Waals surface area (Å²) < 4.78 is 27.4. The molecule has 4 atom stereocenters. The quantitative estimate of drug-likeness (QED) is 0.606. The molecule has 4 amide bonds. The molecule has 2 aromatic carbocycles. The number of imide groups is 1. The summed E-state index contributed by atoms with van der Waals surface area (Å²) >= 11 is 0. The number of halogens is 2. The molecule has 2 saturated heterocycles. The second-order valence-electron chi connectivity index (χ2n) is 8.27. The minimum Gasteiger partial charge on any atom is -0.370 e. The van der Waals surface area contributed by atoms with E-state index in [4.69, 9.17) is 5.73 Å². The van der Waals surface area contributed by atoms with Crippen LogP contribution >= 0.6 is 0 Å². The average Bonchev–Trinajstić information content (AvgIpc) is 3.30. The Morgan fingerprint density at radius 3 is 2.41 bits per heavy atom. The van der Waals surface area contributed by atoms with Gasteiger partial charge in [-0.2, -0.15) is 0 Å². The van der Waals surface area contributed by atoms with Crippen LogP contribution in [-0.2, 0) is 31.3 Å². The van der Waals surface area contributed by atoms with E-state index in [0.717, 1.165) is 11.0 Å². The van der Waals surface area contributed by atoms with Gasteiger partial charge < -0.3 is 11.1 Å². The molecule has 0 saturated carbocycles. The fourth-order valence-electron chi connectivity index (χ4n) is 5.15. The lowest BCUT2D eigenvalue weighted by Crippen LogP contribution is -2.53. The van der Waals surface area contributed by atoms with Gasteiger partial charge in [-0.05, 0) is 35.9 Å². The molecule has 164 valence electrons. The van der Waals surface area contributed by atoms with Crippen molar-refractivity contribution >= 4 is 29.3 Å². The molecule has 3 aliphatic heterocycles. The Morgan fingerprint density at radius 1 is 1.03 bits per heavy atom. The van der Waals surface area contributed by atoms with E-state index in [1.54, 1.807) is 0 Å². The first-order valence-corrected chi connectivity index (χ1v) is 9.99. The number of fused-ring (bicyclic) bond motifs is 4. The maximum atomic E-state index is 14.1. The first-order chi connectivity index (χ1) is 15.2. The Hall–Kier alpha value is -3.66. The van der Waals surface area contributed by atoms with Crippen LogP contribution in [0, 0.1) is 23.5 Å². The Labute approximate surface area is 180 Å². The van der Waals surface area contributed by atoms with Crippen LogP contribution in [0.1, 0.15) is 17.5 Å². The van der Waals surface area contributed by atoms with Gasteiger partial charge in [-0.25, -0.2) is 8.78 Å². The van der Waals surface area contributed by atoms with E-state index in [0.29, 0.717) is 11.3 Å². The molecule has 32 heavy (non-hydrogen) atoms. The minimum absolute atomic E-state index is 0.123. The zero-order valence-electron chi connectivity index (χ0n) is 16.6. The normalized spacial score (nSPS) is 28.2. The number of amides is 4. The summed E-state index contributed by atoms with van der Waals surface area (Å²) in [6, 6.07) is 8.13. The summed E-state index contributed by atoms with van der Waals surface area (Å²) in [6.07, 6.45) is -0.287. The van der Waals surface area contributed by atoms with Crippen LogP contribution in [0.3, 0.4) is 0 Å². The number of primary amides is 1. The summed E-state index contributed by atoms with van der Waals surface area (Å²) in [4.78, 5) is 52.7. The van der Waals surface area contributed by atoms with Crippen molar-refractivity contribution in [2.75, 3.05) is 5.32 Å². The Balaban J connectivity index is 1.60. The van der Waals surface area contributed by atoms with E-state index in [2.05, 4.69) is 10.6 Å². The summed E-state index contributed by atoms with van der Waals surface area (Å²) in [7, 11) is 0. The lowest BCUT2D eigenvalue weighted by Gasteiger charge is -2.29. The molecule has 10 heteroatoms. The van der Waals surface area contributed by atoms with Gasteiger partial charge in [0.25, 0.3) is 0 Å². The molecular weight excluding hydrogens is 422 g/mol. The fourth-order valence-corrected chi connectivity index (χ4v) is 5.15. The van der Waals surface area contributed by atoms with Crippen molar-refractivity contribution < 1.29 is 28.0 Å². The topological polar surface area (TPSA) is 122 Å². The molecule has 0 aromatic heterocycles. The van der Waals surface area contributed by atoms with Gasteiger partial charge in [0.1, 0.15) is 17.2 Å². The van der Waals surface area contributed by atoms with Crippen molar-refractivity contribution in [1.29, 1.82) is 0 Å². The van der Waals surface area contributed by atoms with Gasteiger partial charge in [-0.1, -0.05) is 12.1 Å². The maximum Gasteiger partial charge on any atom is 0.250 e. The number of nitrogens with two attached hydrogens (primary N) is 1. The van der Waals surface area contributed by atoms with Crippen molar-refractivity contribution in [3.8, 4) is 0 Å². The first-order valence-electron chi connectivity index (χ1n) is 9.99. The third kappa shape index (κ3) is 2.76. The minimum atomic E-state index is -1.72. The second-order valence-corrected chi connectivity index (χ2v) is 8.27. The molecule has 3 aliphatic rings. The predicted octanol–water partition coefficient (Wildman–Crippen LogP) is 0.761. The van der Waals surface area contributed by atoms with Crippen LogP contribution in [0.25, 0.3) is 0 Å². The molecule has 1 spiro atoms. The number of anilines is 1. The van der Waals surface area contributed by atoms with Crippen LogP contribution in [0.5, 0.6) is 0 Å². The highest BCUT2D eigenvalue weighted by atomic mass is 19.1. The van der Waals surface area contributed by atoms with E-state index < -0.39 is 58.7 Å². The van der Waals surface area contributed by atoms with E-state index in [-0.39, 0.29) is 18.5 Å². The smallest absolute Gasteiger partial charge is 0.250 e. The van der Waals surface area contributed by atoms with Gasteiger partial charge in [0, 0.05) is 23.7 Å². The third-order valence-corrected chi connectivity index (χ3v) is 6.44. The molecule has 8 nitrogen and oxygen atoms in total. The molecule has 2 fully saturated rings. The second kappa shape index (κ2) is 6.92. The van der Waals surface area contributed by atoms with Crippen molar-refractivity contribution in [2.45, 2.75) is 24.5 Å². The van der Waals surface area contributed by atoms with Gasteiger partial charge in [0.05, 0.1) is 18.4 Å². The SMILES string of the molecule is NC(=O)CC1NC2(C(=O)Nc3ccc(F)cc32)[C@@H]2C(=O)N(Cc3ccc(F)cc3)C(=O)[C@H]12. The molecule has 0 bridgehead atoms. The Kier molecular flexibility index (Phi) is 4.38. The highest BCUT2D eigenvalue weighted by Gasteiger charge is 2.70. The summed E-state index contributed by atoms with van der Waals surface area (Å²) in [5.74, 6) is -5.84. The van der Waals surface area contributed by atoms with E-state index in [9.17, 15) is 28.0 Å². The number of nitrogens with zero attached hydrogens (tertiary/aromatic N) is 1. The molecule has 2 aromatic rings. The predicted molar refractivity (Wildman–Crippen MR) is 106 cm³/mol. The average molecular weight is 440 g/mol. The highest BCUT2D eigenvalue weighted by molar-refractivity contribution is 6.15. The van der Waals surface area contributed by atoms with Crippen molar-refractivity contribution in [2.24, 2.45) is 17.6 Å². The number of nitrogens with one attached hydrogen (secondary N) is 2. The first kappa shape index (κ1) is 20.3. The summed E-state index contributed by atoms with van der Waals surface area (Å²) in [5.41, 5.74) is 4.69. The number of carbonyl (C=O) groups is 4. The van der Waals surface area contributed by atoms with Crippen LogP contribution < -0.4 is 16.4 Å². The molecule has 3 heterocycles. The lowest BCUT2D eigenvalue weighted by molar-refractivity contribution is -0.143. The number of hydrogen-bond acceptors (Lipinski definition) is 5. The van der Waals surface area contributed by atoms with Crippen molar-refractivity contribution in [1.82, 2.24) is 10.2 Å². The molecule has 5 rings (SSSR count). The monoisotopic (exact) mass is 440 g/mol. The number of hydrogen-bond donors (Lipinski definition) is 3. The van der Waals surface area contributed by atoms with Crippen LogP contribution in [0.4, 0.5) is 14.5 Å². The number of benzene rings is 2. The van der Waals surface area contributed by atoms with Gasteiger partial charge in [-0.15, -0.1) is 0 Å². The zero-order chi connectivity index (χ0) is 22.8. The van der Waals surface area contributed by atoms with E-state index in [1.807, 2.05) is 0 Å². The molecule has 0 radical (unpaired) electrons. The highest BCUT2D eigenvalue weighted by Crippen LogP contribution is 2.53. The van der Waals surface area contributed by atoms with E-state index in [1.165, 1.54) is 36.4 Å². The van der Waals surface area contributed by atoms with Crippen LogP contribution in [0.15, 0.2) is 42.5 Å². The van der Waals surface area contributed by atoms with Crippen LogP contribution in [-0.4, -0.2) is 34.6 Å². The largest absolute Gasteiger partial charge is 0.370 e. The summed E-state index contributed by atoms with van der Waals surface area (Å²) in [5, 5.41) is 5.63. The van der Waals surface area contributed by atoms with E-state index >= 15 is 0 Å². The fraction of sp³-hybridized carbons (Fsp3) is 0.273. The molecule has 2 unspecified atom stereocenters. The number of rotatable bonds is 4. The lowest BCUT2D eigenvalue weighted by atomic mass is 9.76. The summed E-state index contributed by atoms with van der Waals surface area (Å²) in [6.45, 7) is -0.123. The molecular formula is C22H18F2N4O4. The Morgan fingerprint density at radius 2 is 1.72 bits per heavy atom. The van der Waals surface area contributed by atoms with Gasteiger partial charge in [-0.3, -0.25) is 29.4 Å². The number of likely N-dealkylation sites (tertiary alicyclic amines) is 1. The molecule has 0 aliphatic carbocycles. The van der Waals surface area contributed by atoms with Gasteiger partial charge in [0.2, 0.25) is 23.6 Å².